The second-order valence-electron chi connectivity index (χ2n) is 8.50. The third-order valence-corrected chi connectivity index (χ3v) is 6.15. The summed E-state index contributed by atoms with van der Waals surface area (Å²) in [5.41, 5.74) is 25.5. The molecule has 8 N–H and O–H groups in total. The maximum atomic E-state index is 10.7. The fourth-order valence-corrected chi connectivity index (χ4v) is 4.15. The van der Waals surface area contributed by atoms with Crippen LogP contribution in [0.4, 0.5) is 28.4 Å². The second kappa shape index (κ2) is 8.71. The summed E-state index contributed by atoms with van der Waals surface area (Å²) in [6.45, 7) is 4.10. The number of rotatable bonds is 6. The summed E-state index contributed by atoms with van der Waals surface area (Å²) in [4.78, 5) is 0. The zero-order chi connectivity index (χ0) is 22.8. The number of fused-ring (bicyclic) bond motifs is 1. The monoisotopic (exact) mass is 426 g/mol. The van der Waals surface area contributed by atoms with Crippen molar-refractivity contribution in [2.45, 2.75) is 32.6 Å². The van der Waals surface area contributed by atoms with E-state index in [1.165, 1.54) is 0 Å². The molecule has 0 bridgehead atoms. The molecule has 4 aromatic rings. The Bertz CT molecular complexity index is 1270. The summed E-state index contributed by atoms with van der Waals surface area (Å²) in [5, 5.41) is 15.8. The number of aromatic hydroxyl groups is 1. The van der Waals surface area contributed by atoms with Crippen LogP contribution < -0.4 is 22.5 Å². The van der Waals surface area contributed by atoms with Gasteiger partial charge in [0, 0.05) is 28.1 Å². The number of nitrogens with two attached hydrogens (primary N) is 3. The highest BCUT2D eigenvalue weighted by Crippen LogP contribution is 2.37. The average molecular weight is 427 g/mol. The molecule has 0 saturated carbocycles. The molecule has 1 unspecified atom stereocenters. The van der Waals surface area contributed by atoms with Crippen molar-refractivity contribution in [3.63, 3.8) is 0 Å². The van der Waals surface area contributed by atoms with E-state index >= 15 is 0 Å². The van der Waals surface area contributed by atoms with Crippen LogP contribution in [0.2, 0.25) is 0 Å². The summed E-state index contributed by atoms with van der Waals surface area (Å²) in [5.74, 6) is 0.344. The third-order valence-electron chi connectivity index (χ3n) is 6.15. The van der Waals surface area contributed by atoms with Crippen molar-refractivity contribution >= 4 is 39.2 Å². The summed E-state index contributed by atoms with van der Waals surface area (Å²) in [7, 11) is 0. The first-order valence-corrected chi connectivity index (χ1v) is 10.8. The van der Waals surface area contributed by atoms with Gasteiger partial charge in [-0.05, 0) is 96.3 Å². The van der Waals surface area contributed by atoms with E-state index in [9.17, 15) is 5.11 Å². The minimum atomic E-state index is 0.135. The number of nitrogens with one attached hydrogen (secondary N) is 1. The van der Waals surface area contributed by atoms with Gasteiger partial charge >= 0.3 is 0 Å². The quantitative estimate of drug-likeness (QED) is 0.189. The van der Waals surface area contributed by atoms with Crippen LogP contribution in [0.1, 0.15) is 36.0 Å². The lowest BCUT2D eigenvalue weighted by atomic mass is 9.90. The molecule has 0 spiro atoms. The number of nitrogen functional groups attached to an aromatic ring is 3. The molecule has 5 heteroatoms. The average Bonchev–Trinajstić information content (AvgIpc) is 2.78. The van der Waals surface area contributed by atoms with Crippen LogP contribution in [0, 0.1) is 6.92 Å². The summed E-state index contributed by atoms with van der Waals surface area (Å²) in [6.07, 6.45) is 1.56. The Morgan fingerprint density at radius 2 is 1.62 bits per heavy atom. The third kappa shape index (κ3) is 4.28. The normalized spacial score (nSPS) is 12.1. The minimum absolute atomic E-state index is 0.135. The lowest BCUT2D eigenvalue weighted by molar-refractivity contribution is 0.483. The molecule has 0 radical (unpaired) electrons. The van der Waals surface area contributed by atoms with Crippen LogP contribution in [0.25, 0.3) is 10.8 Å². The van der Waals surface area contributed by atoms with Gasteiger partial charge in [-0.15, -0.1) is 0 Å². The summed E-state index contributed by atoms with van der Waals surface area (Å²) < 4.78 is 0. The smallest absolute Gasteiger partial charge is 0.146 e. The van der Waals surface area contributed by atoms with Crippen molar-refractivity contribution in [2.24, 2.45) is 0 Å². The number of hydrogen-bond donors (Lipinski definition) is 5. The van der Waals surface area contributed by atoms with E-state index in [1.54, 1.807) is 0 Å². The molecular formula is C27H30N4O. The highest BCUT2D eigenvalue weighted by atomic mass is 16.3. The van der Waals surface area contributed by atoms with Gasteiger partial charge in [-0.1, -0.05) is 25.1 Å². The maximum absolute atomic E-state index is 10.7. The first-order chi connectivity index (χ1) is 15.3. The van der Waals surface area contributed by atoms with Gasteiger partial charge in [-0.3, -0.25) is 0 Å². The Balaban J connectivity index is 1.59. The number of phenolic OH excluding ortho intramolecular Hbond substituents is 1. The maximum Gasteiger partial charge on any atom is 0.146 e. The van der Waals surface area contributed by atoms with Crippen LogP contribution in [0.3, 0.4) is 0 Å². The first-order valence-electron chi connectivity index (χ1n) is 10.8. The highest BCUT2D eigenvalue weighted by molar-refractivity contribution is 5.96. The number of phenols is 1. The fraction of sp³-hybridized carbons (Fsp3) is 0.185. The lowest BCUT2D eigenvalue weighted by Gasteiger charge is -2.18. The fourth-order valence-electron chi connectivity index (χ4n) is 4.15. The topological polar surface area (TPSA) is 110 Å². The van der Waals surface area contributed by atoms with Crippen molar-refractivity contribution in [3.05, 3.63) is 83.4 Å². The molecule has 0 heterocycles. The van der Waals surface area contributed by atoms with E-state index in [4.69, 9.17) is 17.2 Å². The standard InChI is InChI=1S/C27H30N4O/c1-16(23-15-24(28)17(2)12-25(23)29)8-9-18-13-19-14-21(31-20-6-4-3-5-7-20)10-11-22(19)27(32)26(18)30/h3-7,10-16,31-32H,8-9,28-30H2,1-2H3. The molecule has 5 nitrogen and oxygen atoms in total. The molecule has 0 aliphatic heterocycles. The SMILES string of the molecule is Cc1cc(N)c(C(C)CCc2cc3cc(Nc4ccccc4)ccc3c(O)c2N)cc1N. The highest BCUT2D eigenvalue weighted by Gasteiger charge is 2.15. The lowest BCUT2D eigenvalue weighted by Crippen LogP contribution is -2.05. The van der Waals surface area contributed by atoms with Gasteiger partial charge in [-0.25, -0.2) is 0 Å². The molecule has 0 aromatic heterocycles. The molecule has 4 aromatic carbocycles. The van der Waals surface area contributed by atoms with Crippen molar-refractivity contribution in [2.75, 3.05) is 22.5 Å². The van der Waals surface area contributed by atoms with E-state index in [2.05, 4.69) is 18.3 Å². The number of benzene rings is 4. The van der Waals surface area contributed by atoms with Crippen LogP contribution >= 0.6 is 0 Å². The minimum Gasteiger partial charge on any atom is -0.505 e. The molecule has 0 amide bonds. The van der Waals surface area contributed by atoms with Gasteiger partial charge in [0.05, 0.1) is 5.69 Å². The van der Waals surface area contributed by atoms with E-state index in [0.29, 0.717) is 5.69 Å². The first kappa shape index (κ1) is 21.4. The number of aryl methyl sites for hydroxylation is 2. The molecule has 164 valence electrons. The van der Waals surface area contributed by atoms with Crippen molar-refractivity contribution in [3.8, 4) is 5.75 Å². The van der Waals surface area contributed by atoms with Crippen molar-refractivity contribution < 1.29 is 5.11 Å². The zero-order valence-electron chi connectivity index (χ0n) is 18.5. The van der Waals surface area contributed by atoms with Crippen molar-refractivity contribution in [1.29, 1.82) is 0 Å². The molecule has 0 aliphatic carbocycles. The van der Waals surface area contributed by atoms with E-state index in [-0.39, 0.29) is 11.7 Å². The van der Waals surface area contributed by atoms with Gasteiger partial charge < -0.3 is 27.6 Å². The predicted molar refractivity (Wildman–Crippen MR) is 136 cm³/mol. The summed E-state index contributed by atoms with van der Waals surface area (Å²) in [6, 6.07) is 21.8. The Hall–Kier alpha value is -3.86. The van der Waals surface area contributed by atoms with Crippen LogP contribution in [0.15, 0.2) is 66.7 Å². The Morgan fingerprint density at radius 3 is 2.38 bits per heavy atom. The number of anilines is 5. The van der Waals surface area contributed by atoms with Gasteiger partial charge in [0.15, 0.2) is 0 Å². The van der Waals surface area contributed by atoms with Crippen LogP contribution in [0.5, 0.6) is 5.75 Å². The molecule has 1 atom stereocenters. The Morgan fingerprint density at radius 1 is 0.875 bits per heavy atom. The zero-order valence-corrected chi connectivity index (χ0v) is 18.5. The van der Waals surface area contributed by atoms with Gasteiger partial charge in [0.25, 0.3) is 0 Å². The van der Waals surface area contributed by atoms with E-state index in [0.717, 1.165) is 63.1 Å². The Labute approximate surface area is 188 Å². The molecule has 4 rings (SSSR count). The number of para-hydroxylation sites is 1. The van der Waals surface area contributed by atoms with Crippen molar-refractivity contribution in [1.82, 2.24) is 0 Å². The molecule has 0 aliphatic rings. The second-order valence-corrected chi connectivity index (χ2v) is 8.50. The Kier molecular flexibility index (Phi) is 5.82. The predicted octanol–water partition coefficient (Wildman–Crippen LogP) is 6.08. The number of hydrogen-bond acceptors (Lipinski definition) is 5. The van der Waals surface area contributed by atoms with Crippen LogP contribution in [-0.4, -0.2) is 5.11 Å². The van der Waals surface area contributed by atoms with E-state index in [1.807, 2.05) is 67.6 Å². The van der Waals surface area contributed by atoms with Crippen LogP contribution in [-0.2, 0) is 6.42 Å². The summed E-state index contributed by atoms with van der Waals surface area (Å²) >= 11 is 0. The van der Waals surface area contributed by atoms with E-state index < -0.39 is 0 Å². The van der Waals surface area contributed by atoms with Gasteiger partial charge in [-0.2, -0.15) is 0 Å². The molecule has 32 heavy (non-hydrogen) atoms. The molecular weight excluding hydrogens is 396 g/mol. The largest absolute Gasteiger partial charge is 0.505 e. The molecule has 0 fully saturated rings. The molecule has 0 saturated heterocycles. The van der Waals surface area contributed by atoms with Gasteiger partial charge in [0.1, 0.15) is 5.75 Å². The van der Waals surface area contributed by atoms with Gasteiger partial charge in [0.2, 0.25) is 0 Å².